The molecule has 1 amide bonds. The molecule has 0 N–H and O–H groups in total. The first-order chi connectivity index (χ1) is 12.7. The van der Waals surface area contributed by atoms with Gasteiger partial charge in [-0.2, -0.15) is 0 Å². The van der Waals surface area contributed by atoms with Crippen LogP contribution in [0, 0.1) is 0 Å². The summed E-state index contributed by atoms with van der Waals surface area (Å²) in [5.41, 5.74) is 1.39. The number of thioether (sulfide) groups is 1. The van der Waals surface area contributed by atoms with Crippen LogP contribution in [0.4, 0.5) is 0 Å². The topological polar surface area (TPSA) is 23.6 Å². The van der Waals surface area contributed by atoms with Crippen LogP contribution < -0.4 is 0 Å². The van der Waals surface area contributed by atoms with Crippen molar-refractivity contribution in [2.75, 3.05) is 25.4 Å². The lowest BCUT2D eigenvalue weighted by atomic mass is 10.0. The number of unbranched alkanes of at least 4 members (excludes halogenated alkanes) is 5. The minimum atomic E-state index is 0.0910. The van der Waals surface area contributed by atoms with Crippen LogP contribution in [0.5, 0.6) is 0 Å². The van der Waals surface area contributed by atoms with Crippen molar-refractivity contribution >= 4 is 17.7 Å². The van der Waals surface area contributed by atoms with Gasteiger partial charge in [0.25, 0.3) is 0 Å². The Hall–Kier alpha value is -1.00. The van der Waals surface area contributed by atoms with E-state index in [1.54, 1.807) is 0 Å². The van der Waals surface area contributed by atoms with Gasteiger partial charge in [-0.25, -0.2) is 0 Å². The fourth-order valence-corrected chi connectivity index (χ4v) is 5.64. The van der Waals surface area contributed by atoms with Gasteiger partial charge in [-0.05, 0) is 24.8 Å². The second-order valence-electron chi connectivity index (χ2n) is 7.81. The van der Waals surface area contributed by atoms with Crippen LogP contribution in [0.1, 0.15) is 63.9 Å². The van der Waals surface area contributed by atoms with Crippen molar-refractivity contribution in [3.05, 3.63) is 35.9 Å². The Labute approximate surface area is 163 Å². The van der Waals surface area contributed by atoms with Crippen molar-refractivity contribution < 1.29 is 4.79 Å². The van der Waals surface area contributed by atoms with E-state index in [0.717, 1.165) is 39.0 Å². The molecule has 2 aliphatic rings. The van der Waals surface area contributed by atoms with Crippen molar-refractivity contribution in [1.29, 1.82) is 0 Å². The third-order valence-corrected chi connectivity index (χ3v) is 7.44. The normalized spacial score (nSPS) is 20.2. The Morgan fingerprint density at radius 2 is 1.69 bits per heavy atom. The molecule has 3 rings (SSSR count). The smallest absolute Gasteiger partial charge is 0.233 e. The monoisotopic (exact) mass is 374 g/mol. The predicted molar refractivity (Wildman–Crippen MR) is 111 cm³/mol. The fraction of sp³-hybridized carbons (Fsp3) is 0.682. The summed E-state index contributed by atoms with van der Waals surface area (Å²) in [6, 6.07) is 10.7. The Morgan fingerprint density at radius 3 is 2.42 bits per heavy atom. The molecule has 1 spiro atoms. The molecule has 1 aromatic carbocycles. The second-order valence-corrected chi connectivity index (χ2v) is 9.15. The highest BCUT2D eigenvalue weighted by atomic mass is 32.2. The minimum absolute atomic E-state index is 0.0910. The van der Waals surface area contributed by atoms with Gasteiger partial charge in [0, 0.05) is 26.2 Å². The lowest BCUT2D eigenvalue weighted by molar-refractivity contribution is -0.131. The number of hydrogen-bond donors (Lipinski definition) is 0. The van der Waals surface area contributed by atoms with Gasteiger partial charge in [0.2, 0.25) is 5.91 Å². The summed E-state index contributed by atoms with van der Waals surface area (Å²) in [4.78, 5) is 17.4. The highest BCUT2D eigenvalue weighted by Crippen LogP contribution is 2.44. The van der Waals surface area contributed by atoms with Crippen molar-refractivity contribution in [2.45, 2.75) is 69.7 Å². The number of carbonyl (C=O) groups is 1. The Kier molecular flexibility index (Phi) is 7.44. The van der Waals surface area contributed by atoms with E-state index in [2.05, 4.69) is 47.1 Å². The third kappa shape index (κ3) is 5.04. The number of nitrogens with zero attached hydrogens (tertiary/aromatic N) is 2. The molecule has 0 radical (unpaired) electrons. The van der Waals surface area contributed by atoms with Crippen LogP contribution in [0.3, 0.4) is 0 Å². The van der Waals surface area contributed by atoms with Gasteiger partial charge in [-0.15, -0.1) is 11.8 Å². The van der Waals surface area contributed by atoms with Gasteiger partial charge in [-0.3, -0.25) is 9.69 Å². The molecule has 2 heterocycles. The van der Waals surface area contributed by atoms with Gasteiger partial charge in [0.1, 0.15) is 0 Å². The highest BCUT2D eigenvalue weighted by Gasteiger charge is 2.47. The first-order valence-electron chi connectivity index (χ1n) is 10.4. The summed E-state index contributed by atoms with van der Waals surface area (Å²) in [5.74, 6) is 1.06. The Balaban J connectivity index is 1.47. The van der Waals surface area contributed by atoms with Gasteiger partial charge in [-0.1, -0.05) is 69.4 Å². The summed E-state index contributed by atoms with van der Waals surface area (Å²) in [5, 5.41) is 0. The number of likely N-dealkylation sites (tertiary alicyclic amines) is 1. The van der Waals surface area contributed by atoms with Gasteiger partial charge in [0.15, 0.2) is 0 Å². The van der Waals surface area contributed by atoms with E-state index in [-0.39, 0.29) is 4.87 Å². The number of amides is 1. The maximum absolute atomic E-state index is 12.5. The SMILES string of the molecule is CCCCCCCCN1C(=O)CSC12CCN(Cc1ccccc1)CC2. The zero-order valence-corrected chi connectivity index (χ0v) is 17.1. The summed E-state index contributed by atoms with van der Waals surface area (Å²) in [7, 11) is 0. The van der Waals surface area contributed by atoms with Gasteiger partial charge < -0.3 is 4.90 Å². The van der Waals surface area contributed by atoms with Crippen LogP contribution in [0.2, 0.25) is 0 Å². The maximum Gasteiger partial charge on any atom is 0.233 e. The van der Waals surface area contributed by atoms with Crippen LogP contribution >= 0.6 is 11.8 Å². The van der Waals surface area contributed by atoms with Crippen LogP contribution in [-0.4, -0.2) is 46.0 Å². The molecular weight excluding hydrogens is 340 g/mol. The molecule has 0 unspecified atom stereocenters. The van der Waals surface area contributed by atoms with E-state index < -0.39 is 0 Å². The van der Waals surface area contributed by atoms with Crippen molar-refractivity contribution in [3.8, 4) is 0 Å². The van der Waals surface area contributed by atoms with E-state index in [0.29, 0.717) is 11.7 Å². The van der Waals surface area contributed by atoms with E-state index in [1.165, 1.54) is 44.1 Å². The molecule has 2 saturated heterocycles. The van der Waals surface area contributed by atoms with E-state index in [4.69, 9.17) is 0 Å². The number of benzene rings is 1. The molecule has 0 saturated carbocycles. The number of rotatable bonds is 9. The molecule has 0 aliphatic carbocycles. The molecule has 0 atom stereocenters. The largest absolute Gasteiger partial charge is 0.327 e. The molecule has 2 aliphatic heterocycles. The summed E-state index contributed by atoms with van der Waals surface area (Å²) >= 11 is 1.91. The molecule has 144 valence electrons. The van der Waals surface area contributed by atoms with Crippen LogP contribution in [0.25, 0.3) is 0 Å². The molecule has 26 heavy (non-hydrogen) atoms. The van der Waals surface area contributed by atoms with E-state index >= 15 is 0 Å². The fourth-order valence-electron chi connectivity index (χ4n) is 4.27. The standard InChI is InChI=1S/C22H34N2OS/c1-2-3-4-5-6-10-15-24-21(25)19-26-22(24)13-16-23(17-14-22)18-20-11-8-7-9-12-20/h7-9,11-12H,2-6,10,13-19H2,1H3. The van der Waals surface area contributed by atoms with Crippen molar-refractivity contribution in [1.82, 2.24) is 9.80 Å². The lowest BCUT2D eigenvalue weighted by Gasteiger charge is -2.44. The molecule has 2 fully saturated rings. The predicted octanol–water partition coefficient (Wildman–Crippen LogP) is 4.91. The quantitative estimate of drug-likeness (QED) is 0.574. The molecule has 1 aromatic rings. The number of hydrogen-bond acceptors (Lipinski definition) is 3. The second kappa shape index (κ2) is 9.80. The van der Waals surface area contributed by atoms with E-state index in [1.807, 2.05) is 11.8 Å². The van der Waals surface area contributed by atoms with Gasteiger partial charge >= 0.3 is 0 Å². The number of carbonyl (C=O) groups excluding carboxylic acids is 1. The van der Waals surface area contributed by atoms with Crippen molar-refractivity contribution in [2.24, 2.45) is 0 Å². The number of piperidine rings is 1. The molecule has 0 bridgehead atoms. The third-order valence-electron chi connectivity index (χ3n) is 5.88. The maximum atomic E-state index is 12.5. The van der Waals surface area contributed by atoms with Crippen LogP contribution in [0.15, 0.2) is 30.3 Å². The first-order valence-corrected chi connectivity index (χ1v) is 11.4. The average molecular weight is 375 g/mol. The molecule has 0 aromatic heterocycles. The molecular formula is C22H34N2OS. The average Bonchev–Trinajstić information content (AvgIpc) is 2.97. The minimum Gasteiger partial charge on any atom is -0.327 e. The molecule has 4 heteroatoms. The first kappa shape index (κ1) is 19.8. The summed E-state index contributed by atoms with van der Waals surface area (Å²) in [6.07, 6.45) is 9.98. The van der Waals surface area contributed by atoms with Gasteiger partial charge in [0.05, 0.1) is 10.6 Å². The van der Waals surface area contributed by atoms with E-state index in [9.17, 15) is 4.79 Å². The van der Waals surface area contributed by atoms with Crippen molar-refractivity contribution in [3.63, 3.8) is 0 Å². The zero-order valence-electron chi connectivity index (χ0n) is 16.3. The lowest BCUT2D eigenvalue weighted by Crippen LogP contribution is -2.51. The van der Waals surface area contributed by atoms with Crippen LogP contribution in [-0.2, 0) is 11.3 Å². The summed E-state index contributed by atoms with van der Waals surface area (Å²) in [6.45, 7) is 6.46. The Morgan fingerprint density at radius 1 is 1.00 bits per heavy atom. The highest BCUT2D eigenvalue weighted by molar-refractivity contribution is 8.01. The zero-order chi connectivity index (χ0) is 18.2. The summed E-state index contributed by atoms with van der Waals surface area (Å²) < 4.78 is 0. The Bertz CT molecular complexity index is 555. The molecule has 3 nitrogen and oxygen atoms in total.